The highest BCUT2D eigenvalue weighted by molar-refractivity contribution is 7.13. The number of aromatic nitrogens is 1. The van der Waals surface area contributed by atoms with Crippen molar-refractivity contribution in [2.75, 3.05) is 19.7 Å². The zero-order chi connectivity index (χ0) is 18.0. The maximum atomic E-state index is 12.9. The normalized spacial score (nSPS) is 23.7. The molecule has 2 atom stereocenters. The van der Waals surface area contributed by atoms with Crippen LogP contribution in [0.1, 0.15) is 32.4 Å². The monoisotopic (exact) mass is 360 g/mol. The molecule has 2 aromatic rings. The van der Waals surface area contributed by atoms with Gasteiger partial charge in [-0.05, 0) is 32.3 Å². The van der Waals surface area contributed by atoms with E-state index in [0.717, 1.165) is 16.3 Å². The number of carbonyl (C=O) groups is 1. The molecule has 2 heterocycles. The van der Waals surface area contributed by atoms with Gasteiger partial charge in [0.25, 0.3) is 5.91 Å². The van der Waals surface area contributed by atoms with Crippen molar-refractivity contribution in [3.63, 3.8) is 0 Å². The average molecular weight is 360 g/mol. The van der Waals surface area contributed by atoms with Crippen LogP contribution in [-0.4, -0.2) is 51.8 Å². The van der Waals surface area contributed by atoms with E-state index in [1.165, 1.54) is 11.3 Å². The predicted octanol–water partition coefficient (Wildman–Crippen LogP) is 2.19. The highest BCUT2D eigenvalue weighted by Gasteiger charge is 2.44. The fourth-order valence-corrected chi connectivity index (χ4v) is 4.47. The minimum Gasteiger partial charge on any atom is -0.396 e. The van der Waals surface area contributed by atoms with Gasteiger partial charge in [0.15, 0.2) is 0 Å². The SMILES string of the molecule is Cc1nc(C)c(C(=O)N2CC[C@@H](O)[C@@](CO)(Cc3ccccc3)C2)s1. The highest BCUT2D eigenvalue weighted by Crippen LogP contribution is 2.35. The number of thiazole rings is 1. The third-order valence-electron chi connectivity index (χ3n) is 4.98. The smallest absolute Gasteiger partial charge is 0.265 e. The van der Waals surface area contributed by atoms with Crippen molar-refractivity contribution in [2.45, 2.75) is 32.8 Å². The lowest BCUT2D eigenvalue weighted by Gasteiger charge is -2.45. The maximum absolute atomic E-state index is 12.9. The molecule has 0 bridgehead atoms. The first-order valence-corrected chi connectivity index (χ1v) is 9.33. The zero-order valence-corrected chi connectivity index (χ0v) is 15.4. The van der Waals surface area contributed by atoms with Crippen molar-refractivity contribution in [3.8, 4) is 0 Å². The number of aliphatic hydroxyl groups excluding tert-OH is 2. The second kappa shape index (κ2) is 7.23. The van der Waals surface area contributed by atoms with E-state index in [1.807, 2.05) is 44.2 Å². The van der Waals surface area contributed by atoms with Crippen LogP contribution in [-0.2, 0) is 6.42 Å². The number of likely N-dealkylation sites (tertiary alicyclic amines) is 1. The molecule has 1 aliphatic rings. The molecule has 5 nitrogen and oxygen atoms in total. The molecular formula is C19H24N2O3S. The molecule has 25 heavy (non-hydrogen) atoms. The summed E-state index contributed by atoms with van der Waals surface area (Å²) in [6.45, 7) is 4.41. The van der Waals surface area contributed by atoms with E-state index >= 15 is 0 Å². The van der Waals surface area contributed by atoms with E-state index < -0.39 is 11.5 Å². The number of benzene rings is 1. The summed E-state index contributed by atoms with van der Waals surface area (Å²) in [6.07, 6.45) is 0.373. The van der Waals surface area contributed by atoms with E-state index in [4.69, 9.17) is 0 Å². The molecule has 0 unspecified atom stereocenters. The first kappa shape index (κ1) is 18.0. The topological polar surface area (TPSA) is 73.7 Å². The van der Waals surface area contributed by atoms with Crippen LogP contribution in [0.5, 0.6) is 0 Å². The van der Waals surface area contributed by atoms with Crippen molar-refractivity contribution in [3.05, 3.63) is 51.5 Å². The van der Waals surface area contributed by atoms with Crippen molar-refractivity contribution in [1.82, 2.24) is 9.88 Å². The summed E-state index contributed by atoms with van der Waals surface area (Å²) < 4.78 is 0. The fourth-order valence-electron chi connectivity index (χ4n) is 3.58. The van der Waals surface area contributed by atoms with Gasteiger partial charge >= 0.3 is 0 Å². The summed E-state index contributed by atoms with van der Waals surface area (Å²) in [6, 6.07) is 9.81. The summed E-state index contributed by atoms with van der Waals surface area (Å²) in [5.41, 5.74) is 1.06. The van der Waals surface area contributed by atoms with Gasteiger partial charge in [-0.2, -0.15) is 0 Å². The van der Waals surface area contributed by atoms with Crippen LogP contribution in [0.15, 0.2) is 30.3 Å². The summed E-state index contributed by atoms with van der Waals surface area (Å²) in [5, 5.41) is 21.6. The number of aryl methyl sites for hydroxylation is 2. The Balaban J connectivity index is 1.84. The summed E-state index contributed by atoms with van der Waals surface area (Å²) >= 11 is 1.40. The third-order valence-corrected chi connectivity index (χ3v) is 6.04. The second-order valence-corrected chi connectivity index (χ2v) is 8.06. The van der Waals surface area contributed by atoms with E-state index in [-0.39, 0.29) is 12.5 Å². The molecule has 1 saturated heterocycles. The van der Waals surface area contributed by atoms with Crippen molar-refractivity contribution >= 4 is 17.2 Å². The minimum atomic E-state index is -0.733. The van der Waals surface area contributed by atoms with Crippen LogP contribution < -0.4 is 0 Å². The Hall–Kier alpha value is -1.76. The van der Waals surface area contributed by atoms with E-state index in [9.17, 15) is 15.0 Å². The molecule has 0 radical (unpaired) electrons. The van der Waals surface area contributed by atoms with Gasteiger partial charge in [-0.3, -0.25) is 4.79 Å². The number of aliphatic hydroxyl groups is 2. The van der Waals surface area contributed by atoms with Crippen molar-refractivity contribution in [1.29, 1.82) is 0 Å². The Bertz CT molecular complexity index is 746. The first-order chi connectivity index (χ1) is 11.9. The van der Waals surface area contributed by atoms with Gasteiger partial charge < -0.3 is 15.1 Å². The number of nitrogens with zero attached hydrogens (tertiary/aromatic N) is 2. The van der Waals surface area contributed by atoms with Crippen LogP contribution in [0.4, 0.5) is 0 Å². The molecule has 0 aliphatic carbocycles. The Morgan fingerprint density at radius 2 is 2.08 bits per heavy atom. The Morgan fingerprint density at radius 3 is 2.68 bits per heavy atom. The quantitative estimate of drug-likeness (QED) is 0.877. The minimum absolute atomic E-state index is 0.0547. The van der Waals surface area contributed by atoms with Crippen LogP contribution in [0.2, 0.25) is 0 Å². The number of piperidine rings is 1. The predicted molar refractivity (Wildman–Crippen MR) is 97.8 cm³/mol. The van der Waals surface area contributed by atoms with Crippen LogP contribution >= 0.6 is 11.3 Å². The molecule has 3 rings (SSSR count). The van der Waals surface area contributed by atoms with E-state index in [1.54, 1.807) is 4.90 Å². The zero-order valence-electron chi connectivity index (χ0n) is 14.6. The molecule has 1 aliphatic heterocycles. The Kier molecular flexibility index (Phi) is 5.22. The van der Waals surface area contributed by atoms with Gasteiger partial charge in [0.2, 0.25) is 0 Å². The average Bonchev–Trinajstić information content (AvgIpc) is 2.95. The highest BCUT2D eigenvalue weighted by atomic mass is 32.1. The van der Waals surface area contributed by atoms with Gasteiger partial charge in [0, 0.05) is 18.5 Å². The molecule has 2 N–H and O–H groups in total. The van der Waals surface area contributed by atoms with Gasteiger partial charge in [-0.15, -0.1) is 11.3 Å². The van der Waals surface area contributed by atoms with Gasteiger partial charge in [-0.1, -0.05) is 30.3 Å². The molecule has 1 fully saturated rings. The van der Waals surface area contributed by atoms with Gasteiger partial charge in [-0.25, -0.2) is 4.98 Å². The fraction of sp³-hybridized carbons (Fsp3) is 0.474. The number of hydrogen-bond donors (Lipinski definition) is 2. The van der Waals surface area contributed by atoms with Crippen LogP contribution in [0.3, 0.4) is 0 Å². The van der Waals surface area contributed by atoms with Crippen LogP contribution in [0, 0.1) is 19.3 Å². The molecule has 0 saturated carbocycles. The summed E-state index contributed by atoms with van der Waals surface area (Å²) in [7, 11) is 0. The van der Waals surface area contributed by atoms with Crippen molar-refractivity contribution < 1.29 is 15.0 Å². The molecular weight excluding hydrogens is 336 g/mol. The van der Waals surface area contributed by atoms with Gasteiger partial charge in [0.05, 0.1) is 23.4 Å². The van der Waals surface area contributed by atoms with Crippen LogP contribution in [0.25, 0.3) is 0 Å². The third kappa shape index (κ3) is 3.61. The maximum Gasteiger partial charge on any atom is 0.265 e. The van der Waals surface area contributed by atoms with Gasteiger partial charge in [0.1, 0.15) is 4.88 Å². The molecule has 1 aromatic carbocycles. The molecule has 1 amide bonds. The number of carbonyl (C=O) groups excluding carboxylic acids is 1. The summed E-state index contributed by atoms with van der Waals surface area (Å²) in [4.78, 5) is 19.7. The molecule has 6 heteroatoms. The lowest BCUT2D eigenvalue weighted by Crippen LogP contribution is -2.56. The van der Waals surface area contributed by atoms with Crippen molar-refractivity contribution in [2.24, 2.45) is 5.41 Å². The number of hydrogen-bond acceptors (Lipinski definition) is 5. The lowest BCUT2D eigenvalue weighted by atomic mass is 9.73. The number of rotatable bonds is 4. The Labute approximate surface area is 152 Å². The second-order valence-electron chi connectivity index (χ2n) is 6.86. The standard InChI is InChI=1S/C19H24N2O3S/c1-13-17(25-14(2)20-13)18(24)21-9-8-16(23)19(11-21,12-22)10-15-6-4-3-5-7-15/h3-7,16,22-23H,8-12H2,1-2H3/t16-,19+/m1/s1. The molecule has 134 valence electrons. The summed E-state index contributed by atoms with van der Waals surface area (Å²) in [5.74, 6) is -0.0547. The number of amides is 1. The van der Waals surface area contributed by atoms with E-state index in [0.29, 0.717) is 30.8 Å². The molecule has 1 aromatic heterocycles. The largest absolute Gasteiger partial charge is 0.396 e. The van der Waals surface area contributed by atoms with E-state index in [2.05, 4.69) is 4.98 Å². The lowest BCUT2D eigenvalue weighted by molar-refractivity contribution is -0.0668. The Morgan fingerprint density at radius 1 is 1.36 bits per heavy atom. The first-order valence-electron chi connectivity index (χ1n) is 8.51. The molecule has 0 spiro atoms.